The van der Waals surface area contributed by atoms with Gasteiger partial charge in [-0.25, -0.2) is 14.4 Å². The zero-order valence-electron chi connectivity index (χ0n) is 7.31. The van der Waals surface area contributed by atoms with Crippen LogP contribution in [-0.4, -0.2) is 38.3 Å². The van der Waals surface area contributed by atoms with Crippen LogP contribution in [0, 0.1) is 0 Å². The van der Waals surface area contributed by atoms with Crippen LogP contribution in [0.15, 0.2) is 0 Å². The number of alkyl halides is 2. The largest absolute Gasteiger partial charge is 0.375 e. The van der Waals surface area contributed by atoms with E-state index in [0.717, 1.165) is 0 Å². The third-order valence-corrected chi connectivity index (χ3v) is 2.94. The summed E-state index contributed by atoms with van der Waals surface area (Å²) in [7, 11) is 0. The van der Waals surface area contributed by atoms with Gasteiger partial charge in [-0.15, -0.1) is 0 Å². The highest BCUT2D eigenvalue weighted by molar-refractivity contribution is 6.59. The Kier molecular flexibility index (Phi) is 2.28. The molecule has 10 heteroatoms. The zero-order chi connectivity index (χ0) is 12.1. The Morgan fingerprint density at radius 2 is 1.69 bits per heavy atom. The Bertz CT molecular complexity index is 394. The van der Waals surface area contributed by atoms with Gasteiger partial charge in [0.1, 0.15) is 0 Å². The lowest BCUT2D eigenvalue weighted by molar-refractivity contribution is -0.459. The van der Waals surface area contributed by atoms with Crippen molar-refractivity contribution in [2.45, 2.75) is 16.4 Å². The molecule has 88 valence electrons. The molecule has 0 aromatic rings. The fraction of sp³-hybridized carbons (Fsp3) is 0.500. The van der Waals surface area contributed by atoms with E-state index in [1.54, 1.807) is 0 Å². The van der Waals surface area contributed by atoms with Gasteiger partial charge in [0.05, 0.1) is 6.42 Å². The van der Waals surface area contributed by atoms with Crippen LogP contribution in [0.1, 0.15) is 6.42 Å². The van der Waals surface area contributed by atoms with Crippen molar-refractivity contribution in [3.8, 4) is 0 Å². The van der Waals surface area contributed by atoms with Crippen molar-refractivity contribution in [3.05, 3.63) is 0 Å². The normalized spacial score (nSPS) is 36.9. The van der Waals surface area contributed by atoms with Crippen molar-refractivity contribution in [3.63, 3.8) is 0 Å². The van der Waals surface area contributed by atoms with Crippen LogP contribution in [0.5, 0.6) is 0 Å². The molecule has 8 nitrogen and oxygen atoms in total. The number of aliphatic hydroxyl groups is 1. The lowest BCUT2D eigenvalue weighted by Gasteiger charge is -2.29. The van der Waals surface area contributed by atoms with Crippen LogP contribution in [-0.2, 0) is 28.9 Å². The Morgan fingerprint density at radius 1 is 1.12 bits per heavy atom. The van der Waals surface area contributed by atoms with E-state index in [0.29, 0.717) is 0 Å². The van der Waals surface area contributed by atoms with E-state index in [1.807, 2.05) is 0 Å². The maximum atomic E-state index is 11.4. The molecule has 1 N–H and O–H groups in total. The Morgan fingerprint density at radius 3 is 2.31 bits per heavy atom. The molecule has 2 heterocycles. The quantitative estimate of drug-likeness (QED) is 0.559. The smallest absolute Gasteiger partial charge is 0.372 e. The van der Waals surface area contributed by atoms with Gasteiger partial charge in [0.25, 0.3) is 4.33 Å². The van der Waals surface area contributed by atoms with Crippen molar-refractivity contribution in [2.75, 3.05) is 0 Å². The fourth-order valence-electron chi connectivity index (χ4n) is 1.13. The van der Waals surface area contributed by atoms with Gasteiger partial charge in [-0.3, -0.25) is 9.68 Å². The number of carbonyl (C=O) groups excluding carboxylic acids is 3. The lowest BCUT2D eigenvalue weighted by Crippen LogP contribution is -2.57. The molecule has 2 saturated heterocycles. The second-order valence-electron chi connectivity index (χ2n) is 3.06. The number of carbonyl (C=O) groups is 3. The van der Waals surface area contributed by atoms with Gasteiger partial charge in [-0.1, -0.05) is 23.2 Å². The van der Waals surface area contributed by atoms with Crippen molar-refractivity contribution >= 4 is 41.1 Å². The topological polar surface area (TPSA) is 102 Å². The maximum absolute atomic E-state index is 11.4. The van der Waals surface area contributed by atoms with Gasteiger partial charge >= 0.3 is 17.9 Å². The first kappa shape index (κ1) is 11.4. The highest BCUT2D eigenvalue weighted by atomic mass is 35.5. The molecule has 2 atom stereocenters. The van der Waals surface area contributed by atoms with Crippen LogP contribution < -0.4 is 0 Å². The van der Waals surface area contributed by atoms with Crippen LogP contribution in [0.25, 0.3) is 0 Å². The Labute approximate surface area is 97.4 Å². The zero-order valence-corrected chi connectivity index (χ0v) is 8.82. The predicted molar refractivity (Wildman–Crippen MR) is 44.1 cm³/mol. The van der Waals surface area contributed by atoms with Gasteiger partial charge in [-0.2, -0.15) is 0 Å². The number of halogens is 2. The molecule has 0 aromatic heterocycles. The second-order valence-corrected chi connectivity index (χ2v) is 4.38. The molecule has 0 spiro atoms. The molecular weight excluding hydrogens is 269 g/mol. The van der Waals surface area contributed by atoms with E-state index in [4.69, 9.17) is 23.2 Å². The molecular formula is C6H3Cl2NO7. The SMILES string of the molecule is O=C1CC2(O)C(=O)ON(O1)OC(=O)C2(Cl)Cl. The van der Waals surface area contributed by atoms with Crippen LogP contribution >= 0.6 is 23.2 Å². The first-order chi connectivity index (χ1) is 7.27. The number of fused-ring (bicyclic) bond motifs is 3. The Hall–Kier alpha value is -1.09. The van der Waals surface area contributed by atoms with Crippen molar-refractivity contribution in [2.24, 2.45) is 0 Å². The van der Waals surface area contributed by atoms with E-state index in [9.17, 15) is 19.5 Å². The van der Waals surface area contributed by atoms with Crippen molar-refractivity contribution in [1.29, 1.82) is 0 Å². The minimum Gasteiger partial charge on any atom is -0.375 e. The average molecular weight is 272 g/mol. The Balaban J connectivity index is 2.57. The van der Waals surface area contributed by atoms with Crippen LogP contribution in [0.2, 0.25) is 0 Å². The maximum Gasteiger partial charge on any atom is 0.372 e. The van der Waals surface area contributed by atoms with Crippen LogP contribution in [0.4, 0.5) is 0 Å². The number of rotatable bonds is 0. The molecule has 2 rings (SSSR count). The van der Waals surface area contributed by atoms with E-state index >= 15 is 0 Å². The molecule has 2 unspecified atom stereocenters. The summed E-state index contributed by atoms with van der Waals surface area (Å²) in [6.07, 6.45) is -0.940. The summed E-state index contributed by atoms with van der Waals surface area (Å²) in [4.78, 5) is 46.4. The van der Waals surface area contributed by atoms with Gasteiger partial charge in [0.2, 0.25) is 11.0 Å². The van der Waals surface area contributed by atoms with E-state index in [1.165, 1.54) is 0 Å². The molecule has 2 aliphatic rings. The van der Waals surface area contributed by atoms with Gasteiger partial charge in [0, 0.05) is 0 Å². The summed E-state index contributed by atoms with van der Waals surface area (Å²) in [6.45, 7) is 0. The highest BCUT2D eigenvalue weighted by Gasteiger charge is 2.67. The third-order valence-electron chi connectivity index (χ3n) is 2.00. The summed E-state index contributed by atoms with van der Waals surface area (Å²) in [5.74, 6) is -3.95. The molecule has 2 aliphatic heterocycles. The number of hydrogen-bond donors (Lipinski definition) is 1. The number of nitrogens with zero attached hydrogens (tertiary/aromatic N) is 1. The van der Waals surface area contributed by atoms with Gasteiger partial charge in [0.15, 0.2) is 0 Å². The summed E-state index contributed by atoms with van der Waals surface area (Å²) in [5, 5.41) is 9.69. The number of hydrogen-bond acceptors (Lipinski definition) is 8. The highest BCUT2D eigenvalue weighted by Crippen LogP contribution is 2.42. The summed E-state index contributed by atoms with van der Waals surface area (Å²) >= 11 is 11.0. The lowest BCUT2D eigenvalue weighted by atomic mass is 9.94. The standard InChI is InChI=1S/C6H3Cl2NO7/c7-6(8)4(12)16-9-14-2(10)1-5(6,13)3(11)15-9/h13H,1H2. The van der Waals surface area contributed by atoms with Crippen LogP contribution in [0.3, 0.4) is 0 Å². The van der Waals surface area contributed by atoms with Gasteiger partial charge in [-0.05, 0) is 0 Å². The second kappa shape index (κ2) is 3.20. The third kappa shape index (κ3) is 1.34. The minimum absolute atomic E-state index is 0.155. The van der Waals surface area contributed by atoms with Gasteiger partial charge < -0.3 is 9.94 Å². The molecule has 2 bridgehead atoms. The summed E-state index contributed by atoms with van der Waals surface area (Å²) in [6, 6.07) is 0. The monoisotopic (exact) mass is 271 g/mol. The molecule has 0 amide bonds. The van der Waals surface area contributed by atoms with E-state index in [-0.39, 0.29) is 5.39 Å². The minimum atomic E-state index is -2.77. The van der Waals surface area contributed by atoms with E-state index < -0.39 is 34.3 Å². The molecule has 0 aliphatic carbocycles. The molecule has 0 aromatic carbocycles. The molecule has 0 saturated carbocycles. The van der Waals surface area contributed by atoms with E-state index in [2.05, 4.69) is 14.5 Å². The first-order valence-corrected chi connectivity index (χ1v) is 4.59. The summed E-state index contributed by atoms with van der Waals surface area (Å²) < 4.78 is -2.67. The molecule has 0 radical (unpaired) electrons. The predicted octanol–water partition coefficient (Wildman–Crippen LogP) is -1.01. The average Bonchev–Trinajstić information content (AvgIpc) is 2.27. The molecule has 16 heavy (non-hydrogen) atoms. The van der Waals surface area contributed by atoms with Crippen molar-refractivity contribution < 1.29 is 34.0 Å². The first-order valence-electron chi connectivity index (χ1n) is 3.83. The molecule has 2 fully saturated rings. The fourth-order valence-corrected chi connectivity index (χ4v) is 1.49. The van der Waals surface area contributed by atoms with Crippen molar-refractivity contribution in [1.82, 2.24) is 5.39 Å². The summed E-state index contributed by atoms with van der Waals surface area (Å²) in [5.41, 5.74) is -2.77.